The van der Waals surface area contributed by atoms with Crippen molar-refractivity contribution in [3.63, 3.8) is 0 Å². The Morgan fingerprint density at radius 3 is 2.74 bits per heavy atom. The van der Waals surface area contributed by atoms with E-state index < -0.39 is 0 Å². The lowest BCUT2D eigenvalue weighted by molar-refractivity contribution is 0.179. The van der Waals surface area contributed by atoms with Crippen LogP contribution in [0.25, 0.3) is 0 Å². The summed E-state index contributed by atoms with van der Waals surface area (Å²) in [7, 11) is 0. The molecule has 1 aromatic heterocycles. The number of aromatic nitrogens is 1. The average Bonchev–Trinajstić information content (AvgIpc) is 2.38. The van der Waals surface area contributed by atoms with Crippen LogP contribution in [0.1, 0.15) is 18.6 Å². The molecule has 0 amide bonds. The molecule has 0 bridgehead atoms. The fourth-order valence-electron chi connectivity index (χ4n) is 1.73. The Balaban J connectivity index is 2.27. The van der Waals surface area contributed by atoms with Crippen LogP contribution in [0.5, 0.6) is 5.75 Å². The van der Waals surface area contributed by atoms with Gasteiger partial charge in [0.25, 0.3) is 0 Å². The molecule has 0 aliphatic heterocycles. The molecule has 0 aliphatic carbocycles. The molecule has 3 nitrogen and oxygen atoms in total. The summed E-state index contributed by atoms with van der Waals surface area (Å²) in [5.74, 6) is 0.704. The van der Waals surface area contributed by atoms with E-state index in [1.165, 1.54) is 0 Å². The van der Waals surface area contributed by atoms with Crippen LogP contribution in [0.4, 0.5) is 0 Å². The fraction of sp³-hybridized carbons (Fsp3) is 0.214. The number of ether oxygens (including phenoxy) is 1. The maximum absolute atomic E-state index is 6.00. The van der Waals surface area contributed by atoms with Gasteiger partial charge in [0.1, 0.15) is 11.9 Å². The Labute approximate surface area is 125 Å². The van der Waals surface area contributed by atoms with Crippen molar-refractivity contribution in [3.8, 4) is 5.75 Å². The van der Waals surface area contributed by atoms with Crippen molar-refractivity contribution in [2.45, 2.75) is 19.1 Å². The SMILES string of the molecule is CC(N)C(Oc1ccc(Cl)cc1Br)c1cccnc1. The Morgan fingerprint density at radius 1 is 1.37 bits per heavy atom. The third kappa shape index (κ3) is 3.69. The minimum absolute atomic E-state index is 0.160. The number of pyridine rings is 1. The van der Waals surface area contributed by atoms with Gasteiger partial charge in [0, 0.05) is 29.0 Å². The van der Waals surface area contributed by atoms with Gasteiger partial charge in [0.2, 0.25) is 0 Å². The lowest BCUT2D eigenvalue weighted by Crippen LogP contribution is -2.29. The highest BCUT2D eigenvalue weighted by Crippen LogP contribution is 2.32. The van der Waals surface area contributed by atoms with Gasteiger partial charge in [-0.1, -0.05) is 17.7 Å². The van der Waals surface area contributed by atoms with Crippen LogP contribution >= 0.6 is 27.5 Å². The van der Waals surface area contributed by atoms with Crippen molar-refractivity contribution in [1.82, 2.24) is 4.98 Å². The summed E-state index contributed by atoms with van der Waals surface area (Å²) in [6, 6.07) is 9.04. The van der Waals surface area contributed by atoms with Gasteiger partial charge in [-0.05, 0) is 47.1 Å². The third-order valence-corrected chi connectivity index (χ3v) is 3.49. The molecule has 2 rings (SSSR count). The van der Waals surface area contributed by atoms with Crippen molar-refractivity contribution < 1.29 is 4.74 Å². The Kier molecular flexibility index (Phi) is 4.80. The molecule has 5 heteroatoms. The number of benzene rings is 1. The highest BCUT2D eigenvalue weighted by molar-refractivity contribution is 9.10. The van der Waals surface area contributed by atoms with Gasteiger partial charge < -0.3 is 10.5 Å². The smallest absolute Gasteiger partial charge is 0.140 e. The lowest BCUT2D eigenvalue weighted by atomic mass is 10.1. The minimum Gasteiger partial charge on any atom is -0.483 e. The molecule has 1 heterocycles. The molecule has 0 aliphatic rings. The molecule has 2 aromatic rings. The van der Waals surface area contributed by atoms with Gasteiger partial charge in [-0.15, -0.1) is 0 Å². The minimum atomic E-state index is -0.258. The lowest BCUT2D eigenvalue weighted by Gasteiger charge is -2.23. The first-order chi connectivity index (χ1) is 9.08. The molecule has 0 fully saturated rings. The van der Waals surface area contributed by atoms with Crippen LogP contribution in [-0.2, 0) is 0 Å². The fourth-order valence-corrected chi connectivity index (χ4v) is 2.51. The number of nitrogens with two attached hydrogens (primary N) is 1. The second-order valence-electron chi connectivity index (χ2n) is 4.26. The zero-order valence-corrected chi connectivity index (χ0v) is 12.7. The third-order valence-electron chi connectivity index (χ3n) is 2.64. The average molecular weight is 342 g/mol. The second kappa shape index (κ2) is 6.37. The van der Waals surface area contributed by atoms with Gasteiger partial charge in [0.05, 0.1) is 4.47 Å². The molecule has 19 heavy (non-hydrogen) atoms. The number of halogens is 2. The summed E-state index contributed by atoms with van der Waals surface area (Å²) in [4.78, 5) is 4.10. The van der Waals surface area contributed by atoms with E-state index in [1.54, 1.807) is 24.5 Å². The summed E-state index contributed by atoms with van der Waals surface area (Å²) >= 11 is 9.34. The largest absolute Gasteiger partial charge is 0.483 e. The van der Waals surface area contributed by atoms with Crippen LogP contribution < -0.4 is 10.5 Å². The maximum Gasteiger partial charge on any atom is 0.140 e. The first kappa shape index (κ1) is 14.3. The second-order valence-corrected chi connectivity index (χ2v) is 5.55. The Bertz CT molecular complexity index is 548. The molecule has 1 aromatic carbocycles. The highest BCUT2D eigenvalue weighted by atomic mass is 79.9. The van der Waals surface area contributed by atoms with Gasteiger partial charge in [-0.2, -0.15) is 0 Å². The molecule has 100 valence electrons. The van der Waals surface area contributed by atoms with Crippen LogP contribution in [-0.4, -0.2) is 11.0 Å². The summed E-state index contributed by atoms with van der Waals surface area (Å²) in [5.41, 5.74) is 6.95. The van der Waals surface area contributed by atoms with Crippen molar-refractivity contribution in [3.05, 3.63) is 57.8 Å². The molecular formula is C14H14BrClN2O. The molecule has 0 radical (unpaired) electrons. The first-order valence-electron chi connectivity index (χ1n) is 5.85. The maximum atomic E-state index is 6.00. The number of hydrogen-bond donors (Lipinski definition) is 1. The van der Waals surface area contributed by atoms with Crippen molar-refractivity contribution in [1.29, 1.82) is 0 Å². The van der Waals surface area contributed by atoms with Gasteiger partial charge >= 0.3 is 0 Å². The van der Waals surface area contributed by atoms with Crippen LogP contribution in [0, 0.1) is 0 Å². The zero-order chi connectivity index (χ0) is 13.8. The molecule has 2 atom stereocenters. The van der Waals surface area contributed by atoms with E-state index in [2.05, 4.69) is 20.9 Å². The van der Waals surface area contributed by atoms with E-state index in [0.717, 1.165) is 10.0 Å². The van der Waals surface area contributed by atoms with Crippen molar-refractivity contribution in [2.24, 2.45) is 5.73 Å². The van der Waals surface area contributed by atoms with E-state index in [-0.39, 0.29) is 12.1 Å². The van der Waals surface area contributed by atoms with Crippen LogP contribution in [0.2, 0.25) is 5.02 Å². The van der Waals surface area contributed by atoms with Crippen molar-refractivity contribution in [2.75, 3.05) is 0 Å². The predicted molar refractivity (Wildman–Crippen MR) is 80.4 cm³/mol. The number of nitrogens with zero attached hydrogens (tertiary/aromatic N) is 1. The standard InChI is InChI=1S/C14H14BrClN2O/c1-9(17)14(10-3-2-6-18-8-10)19-13-5-4-11(16)7-12(13)15/h2-9,14H,17H2,1H3. The Morgan fingerprint density at radius 2 is 2.16 bits per heavy atom. The molecule has 2 unspecified atom stereocenters. The summed E-state index contributed by atoms with van der Waals surface area (Å²) in [5, 5.41) is 0.651. The van der Waals surface area contributed by atoms with Crippen LogP contribution in [0.15, 0.2) is 47.2 Å². The topological polar surface area (TPSA) is 48.1 Å². The van der Waals surface area contributed by atoms with Crippen molar-refractivity contribution >= 4 is 27.5 Å². The molecule has 0 spiro atoms. The summed E-state index contributed by atoms with van der Waals surface area (Å²) in [6.45, 7) is 1.90. The Hall–Kier alpha value is -1.10. The number of hydrogen-bond acceptors (Lipinski definition) is 3. The summed E-state index contributed by atoms with van der Waals surface area (Å²) in [6.07, 6.45) is 3.23. The zero-order valence-electron chi connectivity index (χ0n) is 10.4. The molecule has 0 saturated heterocycles. The van der Waals surface area contributed by atoms with E-state index in [4.69, 9.17) is 22.1 Å². The monoisotopic (exact) mass is 340 g/mol. The van der Waals surface area contributed by atoms with E-state index in [0.29, 0.717) is 10.8 Å². The normalized spacial score (nSPS) is 13.9. The van der Waals surface area contributed by atoms with E-state index in [1.807, 2.05) is 25.1 Å². The molecule has 2 N–H and O–H groups in total. The first-order valence-corrected chi connectivity index (χ1v) is 7.02. The quantitative estimate of drug-likeness (QED) is 0.915. The van der Waals surface area contributed by atoms with Crippen LogP contribution in [0.3, 0.4) is 0 Å². The van der Waals surface area contributed by atoms with E-state index in [9.17, 15) is 0 Å². The number of rotatable bonds is 4. The predicted octanol–water partition coefficient (Wildman–Crippen LogP) is 3.96. The van der Waals surface area contributed by atoms with Gasteiger partial charge in [-0.25, -0.2) is 0 Å². The van der Waals surface area contributed by atoms with E-state index >= 15 is 0 Å². The van der Waals surface area contributed by atoms with Gasteiger partial charge in [-0.3, -0.25) is 4.98 Å². The molecular weight excluding hydrogens is 328 g/mol. The summed E-state index contributed by atoms with van der Waals surface area (Å²) < 4.78 is 6.78. The van der Waals surface area contributed by atoms with Gasteiger partial charge in [0.15, 0.2) is 0 Å². The molecule has 0 saturated carbocycles. The highest BCUT2D eigenvalue weighted by Gasteiger charge is 2.19.